The van der Waals surface area contributed by atoms with E-state index in [4.69, 9.17) is 5.11 Å². The van der Waals surface area contributed by atoms with Gasteiger partial charge in [-0.3, -0.25) is 9.59 Å². The number of carboxylic acid groups (broad SMARTS) is 1. The molecular formula is C9H13NO3. The van der Waals surface area contributed by atoms with E-state index in [0.717, 1.165) is 6.42 Å². The van der Waals surface area contributed by atoms with Gasteiger partial charge in [0.15, 0.2) is 0 Å². The number of carbonyl (C=O) groups excluding carboxylic acids is 1. The van der Waals surface area contributed by atoms with Crippen molar-refractivity contribution >= 4 is 11.9 Å². The van der Waals surface area contributed by atoms with Crippen LogP contribution in [0.3, 0.4) is 0 Å². The van der Waals surface area contributed by atoms with Crippen LogP contribution in [-0.2, 0) is 9.59 Å². The Balaban J connectivity index is 1.77. The van der Waals surface area contributed by atoms with Crippen molar-refractivity contribution in [2.75, 3.05) is 0 Å². The Hall–Kier alpha value is -1.06. The van der Waals surface area contributed by atoms with Gasteiger partial charge in [0.25, 0.3) is 0 Å². The van der Waals surface area contributed by atoms with Gasteiger partial charge in [0, 0.05) is 6.04 Å². The molecule has 0 aromatic rings. The quantitative estimate of drug-likeness (QED) is 0.658. The van der Waals surface area contributed by atoms with E-state index in [2.05, 4.69) is 12.2 Å². The molecular weight excluding hydrogens is 170 g/mol. The van der Waals surface area contributed by atoms with Gasteiger partial charge in [-0.2, -0.15) is 0 Å². The van der Waals surface area contributed by atoms with Crippen LogP contribution in [0.25, 0.3) is 0 Å². The van der Waals surface area contributed by atoms with Crippen molar-refractivity contribution in [1.29, 1.82) is 0 Å². The number of aliphatic carboxylic acids is 1. The van der Waals surface area contributed by atoms with E-state index in [-0.39, 0.29) is 11.8 Å². The van der Waals surface area contributed by atoms with Gasteiger partial charge in [-0.15, -0.1) is 0 Å². The number of hydrogen-bond acceptors (Lipinski definition) is 2. The lowest BCUT2D eigenvalue weighted by Gasteiger charge is -2.00. The highest BCUT2D eigenvalue weighted by atomic mass is 16.4. The van der Waals surface area contributed by atoms with Crippen LogP contribution in [0, 0.1) is 17.8 Å². The van der Waals surface area contributed by atoms with E-state index >= 15 is 0 Å². The standard InChI is InChI=1S/C9H13NO3/c1-4-2-7(4)10-8(11)5-3-6(5)9(12)13/h4-7H,2-3H2,1H3,(H,10,11)(H,12,13). The van der Waals surface area contributed by atoms with Crippen molar-refractivity contribution in [2.24, 2.45) is 17.8 Å². The van der Waals surface area contributed by atoms with E-state index in [1.807, 2.05) is 0 Å². The molecule has 0 aromatic heterocycles. The summed E-state index contributed by atoms with van der Waals surface area (Å²) >= 11 is 0. The lowest BCUT2D eigenvalue weighted by Crippen LogP contribution is -2.29. The van der Waals surface area contributed by atoms with Gasteiger partial charge in [0.05, 0.1) is 11.8 Å². The molecule has 4 nitrogen and oxygen atoms in total. The molecule has 4 unspecified atom stereocenters. The highest BCUT2D eigenvalue weighted by molar-refractivity contribution is 5.89. The van der Waals surface area contributed by atoms with E-state index < -0.39 is 11.9 Å². The Bertz CT molecular complexity index is 264. The first-order valence-corrected chi connectivity index (χ1v) is 4.62. The molecule has 2 N–H and O–H groups in total. The first kappa shape index (κ1) is 8.53. The molecule has 2 aliphatic carbocycles. The fourth-order valence-electron chi connectivity index (χ4n) is 1.57. The van der Waals surface area contributed by atoms with Gasteiger partial charge in [0.1, 0.15) is 0 Å². The van der Waals surface area contributed by atoms with E-state index in [1.165, 1.54) is 0 Å². The lowest BCUT2D eigenvalue weighted by molar-refractivity contribution is -0.140. The SMILES string of the molecule is CC1CC1NC(=O)C1CC1C(=O)O. The summed E-state index contributed by atoms with van der Waals surface area (Å²) in [7, 11) is 0. The number of nitrogens with one attached hydrogen (secondary N) is 1. The average molecular weight is 183 g/mol. The second-order valence-corrected chi connectivity index (χ2v) is 4.11. The number of amides is 1. The number of carbonyl (C=O) groups is 2. The summed E-state index contributed by atoms with van der Waals surface area (Å²) in [5.74, 6) is -1.02. The Kier molecular flexibility index (Phi) is 1.78. The summed E-state index contributed by atoms with van der Waals surface area (Å²) < 4.78 is 0. The lowest BCUT2D eigenvalue weighted by atomic mass is 10.3. The van der Waals surface area contributed by atoms with E-state index in [0.29, 0.717) is 18.4 Å². The maximum Gasteiger partial charge on any atom is 0.307 e. The fraction of sp³-hybridized carbons (Fsp3) is 0.778. The molecule has 0 saturated heterocycles. The zero-order chi connectivity index (χ0) is 9.59. The Morgan fingerprint density at radius 1 is 1.31 bits per heavy atom. The van der Waals surface area contributed by atoms with Gasteiger partial charge in [-0.05, 0) is 18.8 Å². The van der Waals surface area contributed by atoms with E-state index in [1.54, 1.807) is 0 Å². The topological polar surface area (TPSA) is 66.4 Å². The van der Waals surface area contributed by atoms with Gasteiger partial charge >= 0.3 is 5.97 Å². The maximum atomic E-state index is 11.3. The van der Waals surface area contributed by atoms with Crippen molar-refractivity contribution < 1.29 is 14.7 Å². The first-order valence-electron chi connectivity index (χ1n) is 4.62. The van der Waals surface area contributed by atoms with Crippen LogP contribution in [0.5, 0.6) is 0 Å². The van der Waals surface area contributed by atoms with E-state index in [9.17, 15) is 9.59 Å². The van der Waals surface area contributed by atoms with Crippen molar-refractivity contribution in [1.82, 2.24) is 5.32 Å². The summed E-state index contributed by atoms with van der Waals surface area (Å²) in [4.78, 5) is 21.8. The van der Waals surface area contributed by atoms with Crippen molar-refractivity contribution in [3.63, 3.8) is 0 Å². The van der Waals surface area contributed by atoms with Gasteiger partial charge in [-0.25, -0.2) is 0 Å². The molecule has 1 amide bonds. The Morgan fingerprint density at radius 2 is 1.92 bits per heavy atom. The Labute approximate surface area is 76.3 Å². The van der Waals surface area contributed by atoms with Gasteiger partial charge in [-0.1, -0.05) is 6.92 Å². The maximum absolute atomic E-state index is 11.3. The highest BCUT2D eigenvalue weighted by Crippen LogP contribution is 2.40. The molecule has 2 rings (SSSR count). The molecule has 0 spiro atoms. The Morgan fingerprint density at radius 3 is 2.31 bits per heavy atom. The minimum absolute atomic E-state index is 0.0678. The van der Waals surface area contributed by atoms with Crippen LogP contribution >= 0.6 is 0 Å². The van der Waals surface area contributed by atoms with Crippen LogP contribution in [0.1, 0.15) is 19.8 Å². The molecule has 0 bridgehead atoms. The first-order chi connectivity index (χ1) is 6.09. The number of hydrogen-bond donors (Lipinski definition) is 2. The van der Waals surface area contributed by atoms with Crippen molar-refractivity contribution in [3.8, 4) is 0 Å². The predicted molar refractivity (Wildman–Crippen MR) is 44.9 cm³/mol. The zero-order valence-corrected chi connectivity index (χ0v) is 7.49. The molecule has 0 heterocycles. The molecule has 0 radical (unpaired) electrons. The average Bonchev–Trinajstić information content (AvgIpc) is 2.86. The molecule has 2 saturated carbocycles. The highest BCUT2D eigenvalue weighted by Gasteiger charge is 2.49. The molecule has 4 heteroatoms. The normalized spacial score (nSPS) is 41.0. The fourth-order valence-corrected chi connectivity index (χ4v) is 1.57. The summed E-state index contributed by atoms with van der Waals surface area (Å²) in [5, 5.41) is 11.4. The number of carboxylic acids is 1. The molecule has 0 aromatic carbocycles. The molecule has 2 aliphatic rings. The van der Waals surface area contributed by atoms with Crippen LogP contribution in [0.4, 0.5) is 0 Å². The van der Waals surface area contributed by atoms with Crippen LogP contribution in [0.2, 0.25) is 0 Å². The van der Waals surface area contributed by atoms with Crippen molar-refractivity contribution in [2.45, 2.75) is 25.8 Å². The van der Waals surface area contributed by atoms with Crippen LogP contribution in [-0.4, -0.2) is 23.0 Å². The predicted octanol–water partition coefficient (Wildman–Crippen LogP) is 0.232. The third-order valence-corrected chi connectivity index (χ3v) is 2.88. The molecule has 2 fully saturated rings. The minimum Gasteiger partial charge on any atom is -0.481 e. The largest absolute Gasteiger partial charge is 0.481 e. The monoisotopic (exact) mass is 183 g/mol. The van der Waals surface area contributed by atoms with Crippen LogP contribution < -0.4 is 5.32 Å². The van der Waals surface area contributed by atoms with Gasteiger partial charge < -0.3 is 10.4 Å². The second kappa shape index (κ2) is 2.72. The molecule has 13 heavy (non-hydrogen) atoms. The zero-order valence-electron chi connectivity index (χ0n) is 7.49. The summed E-state index contributed by atoms with van der Waals surface area (Å²) in [6.45, 7) is 2.08. The second-order valence-electron chi connectivity index (χ2n) is 4.11. The third kappa shape index (κ3) is 1.66. The smallest absolute Gasteiger partial charge is 0.307 e. The molecule has 0 aliphatic heterocycles. The summed E-state index contributed by atoms with van der Waals surface area (Å²) in [5.41, 5.74) is 0. The van der Waals surface area contributed by atoms with Crippen LogP contribution in [0.15, 0.2) is 0 Å². The third-order valence-electron chi connectivity index (χ3n) is 2.88. The van der Waals surface area contributed by atoms with Gasteiger partial charge in [0.2, 0.25) is 5.91 Å². The van der Waals surface area contributed by atoms with Crippen molar-refractivity contribution in [3.05, 3.63) is 0 Å². The number of rotatable bonds is 3. The summed E-state index contributed by atoms with van der Waals surface area (Å²) in [6, 6.07) is 0.308. The molecule has 72 valence electrons. The summed E-state index contributed by atoms with van der Waals surface area (Å²) in [6.07, 6.45) is 1.55. The minimum atomic E-state index is -0.844. The molecule has 4 atom stereocenters.